The van der Waals surface area contributed by atoms with Crippen LogP contribution in [0.3, 0.4) is 0 Å². The smallest absolute Gasteiger partial charge is 0.274 e. The highest BCUT2D eigenvalue weighted by atomic mass is 16.3. The Labute approximate surface area is 34.5 Å². The lowest BCUT2D eigenvalue weighted by Gasteiger charge is -1.72. The molecule has 0 bridgehead atoms. The summed E-state index contributed by atoms with van der Waals surface area (Å²) in [6.07, 6.45) is 1.30. The van der Waals surface area contributed by atoms with Gasteiger partial charge in [-0.05, 0) is 0 Å². The number of carbonyl (C=O) groups excluding carboxylic acids is 1. The summed E-state index contributed by atoms with van der Waals surface area (Å²) >= 11 is 0. The fourth-order valence-electron chi connectivity index (χ4n) is 0.0264. The van der Waals surface area contributed by atoms with Crippen molar-refractivity contribution in [3.05, 3.63) is 12.0 Å². The summed E-state index contributed by atoms with van der Waals surface area (Å²) in [4.78, 5) is 9.13. The first-order valence-corrected chi connectivity index (χ1v) is 1.22. The molecule has 0 unspecified atom stereocenters. The molecule has 1 radical (unpaired) electrons. The standard InChI is InChI=1S/C3H3O3/c4-1-3(6)2-5/h1,4,6H. The van der Waals surface area contributed by atoms with Crippen molar-refractivity contribution in [2.75, 3.05) is 0 Å². The fourth-order valence-corrected chi connectivity index (χ4v) is 0.0264. The molecule has 0 rings (SSSR count). The molecule has 2 N–H and O–H groups in total. The summed E-state index contributed by atoms with van der Waals surface area (Å²) in [5, 5.41) is 15.5. The maximum Gasteiger partial charge on any atom is 0.274 e. The van der Waals surface area contributed by atoms with Crippen LogP contribution in [0.15, 0.2) is 12.0 Å². The lowest BCUT2D eigenvalue weighted by molar-refractivity contribution is 0.378. The zero-order valence-corrected chi connectivity index (χ0v) is 2.88. The molecule has 0 aromatic heterocycles. The van der Waals surface area contributed by atoms with Gasteiger partial charge in [-0.25, -0.2) is 0 Å². The molecule has 0 saturated heterocycles. The predicted octanol–water partition coefficient (Wildman–Crippen LogP) is 0.0535. The van der Waals surface area contributed by atoms with Crippen molar-refractivity contribution in [1.82, 2.24) is 0 Å². The molecule has 6 heavy (non-hydrogen) atoms. The third kappa shape index (κ3) is 1.34. The maximum atomic E-state index is 9.13. The van der Waals surface area contributed by atoms with E-state index in [9.17, 15) is 0 Å². The van der Waals surface area contributed by atoms with Crippen LogP contribution in [0.4, 0.5) is 0 Å². The Balaban J connectivity index is 3.50. The van der Waals surface area contributed by atoms with E-state index in [4.69, 9.17) is 15.0 Å². The van der Waals surface area contributed by atoms with Gasteiger partial charge in [-0.1, -0.05) is 0 Å². The topological polar surface area (TPSA) is 57.5 Å². The summed E-state index contributed by atoms with van der Waals surface area (Å²) < 4.78 is 0. The molecule has 0 atom stereocenters. The summed E-state index contributed by atoms with van der Waals surface area (Å²) in [7, 11) is 0. The number of hydrogen-bond acceptors (Lipinski definition) is 3. The molecule has 0 heterocycles. The normalized spacial score (nSPS) is 11.0. The van der Waals surface area contributed by atoms with Crippen LogP contribution in [0.25, 0.3) is 0 Å². The Hall–Kier alpha value is -0.990. The number of allylic oxidation sites excluding steroid dienone is 1. The van der Waals surface area contributed by atoms with Gasteiger partial charge in [0, 0.05) is 0 Å². The quantitative estimate of drug-likeness (QED) is 0.351. The van der Waals surface area contributed by atoms with E-state index < -0.39 is 5.76 Å². The maximum absolute atomic E-state index is 9.13. The van der Waals surface area contributed by atoms with Crippen LogP contribution < -0.4 is 0 Å². The van der Waals surface area contributed by atoms with Gasteiger partial charge in [0.15, 0.2) is 0 Å². The Kier molecular flexibility index (Phi) is 1.89. The second-order valence-electron chi connectivity index (χ2n) is 0.616. The average molecular weight is 87.1 g/mol. The Morgan fingerprint density at radius 1 is 1.83 bits per heavy atom. The molecule has 0 fully saturated rings. The van der Waals surface area contributed by atoms with Gasteiger partial charge in [0.1, 0.15) is 6.26 Å². The summed E-state index contributed by atoms with van der Waals surface area (Å²) in [5.41, 5.74) is 0. The Morgan fingerprint density at radius 3 is 2.33 bits per heavy atom. The van der Waals surface area contributed by atoms with Crippen molar-refractivity contribution in [3.63, 3.8) is 0 Å². The highest BCUT2D eigenvalue weighted by molar-refractivity contribution is 5.69. The van der Waals surface area contributed by atoms with Gasteiger partial charge in [0.05, 0.1) is 0 Å². The molecule has 33 valence electrons. The van der Waals surface area contributed by atoms with Crippen molar-refractivity contribution < 1.29 is 15.0 Å². The van der Waals surface area contributed by atoms with E-state index in [1.165, 1.54) is 0 Å². The molecule has 0 spiro atoms. The van der Waals surface area contributed by atoms with Gasteiger partial charge < -0.3 is 10.2 Å². The van der Waals surface area contributed by atoms with E-state index in [1.807, 2.05) is 0 Å². The summed E-state index contributed by atoms with van der Waals surface area (Å²) in [6.45, 7) is 0. The third-order valence-corrected chi connectivity index (χ3v) is 0.227. The SMILES string of the molecule is O=[C]C(O)=CO. The van der Waals surface area contributed by atoms with E-state index in [-0.39, 0.29) is 6.26 Å². The van der Waals surface area contributed by atoms with E-state index >= 15 is 0 Å². The molecule has 0 aromatic rings. The fraction of sp³-hybridized carbons (Fsp3) is 0. The number of aliphatic hydroxyl groups is 2. The molecule has 0 aliphatic heterocycles. The van der Waals surface area contributed by atoms with Crippen molar-refractivity contribution in [2.24, 2.45) is 0 Å². The van der Waals surface area contributed by atoms with E-state index in [0.717, 1.165) is 6.29 Å². The molecule has 3 heteroatoms. The molecule has 0 aliphatic rings. The lowest BCUT2D eigenvalue weighted by Crippen LogP contribution is -1.77. The number of rotatable bonds is 1. The van der Waals surface area contributed by atoms with E-state index in [2.05, 4.69) is 0 Å². The lowest BCUT2D eigenvalue weighted by atomic mass is 10.6. The molecule has 0 aliphatic carbocycles. The van der Waals surface area contributed by atoms with Crippen LogP contribution in [0.1, 0.15) is 0 Å². The first kappa shape index (κ1) is 5.01. The minimum absolute atomic E-state index is 0.271. The second-order valence-corrected chi connectivity index (χ2v) is 0.616. The van der Waals surface area contributed by atoms with Crippen LogP contribution in [0.5, 0.6) is 0 Å². The molecule has 0 aromatic carbocycles. The Morgan fingerprint density at radius 2 is 2.33 bits per heavy atom. The van der Waals surface area contributed by atoms with Gasteiger partial charge in [-0.15, -0.1) is 0 Å². The van der Waals surface area contributed by atoms with Crippen molar-refractivity contribution in [3.8, 4) is 0 Å². The van der Waals surface area contributed by atoms with Gasteiger partial charge in [0.2, 0.25) is 5.76 Å². The number of hydrogen-bond donors (Lipinski definition) is 2. The third-order valence-electron chi connectivity index (χ3n) is 0.227. The average Bonchev–Trinajstić information content (AvgIpc) is 1.65. The van der Waals surface area contributed by atoms with Crippen LogP contribution in [-0.4, -0.2) is 16.5 Å². The van der Waals surface area contributed by atoms with Gasteiger partial charge in [0.25, 0.3) is 6.29 Å². The molecule has 0 saturated carbocycles. The molecule has 3 nitrogen and oxygen atoms in total. The van der Waals surface area contributed by atoms with Crippen molar-refractivity contribution in [1.29, 1.82) is 0 Å². The monoisotopic (exact) mass is 87.0 g/mol. The van der Waals surface area contributed by atoms with Crippen molar-refractivity contribution in [2.45, 2.75) is 0 Å². The summed E-state index contributed by atoms with van der Waals surface area (Å²) in [6, 6.07) is 0. The largest absolute Gasteiger partial charge is 0.512 e. The minimum Gasteiger partial charge on any atom is -0.512 e. The Bertz CT molecular complexity index is 74.1. The van der Waals surface area contributed by atoms with Gasteiger partial charge >= 0.3 is 0 Å². The van der Waals surface area contributed by atoms with Crippen LogP contribution >= 0.6 is 0 Å². The van der Waals surface area contributed by atoms with E-state index in [1.54, 1.807) is 0 Å². The van der Waals surface area contributed by atoms with Crippen LogP contribution in [0, 0.1) is 0 Å². The van der Waals surface area contributed by atoms with Crippen molar-refractivity contribution >= 4 is 6.29 Å². The number of aliphatic hydroxyl groups excluding tert-OH is 2. The minimum atomic E-state index is -0.782. The van der Waals surface area contributed by atoms with Crippen LogP contribution in [-0.2, 0) is 4.79 Å². The predicted molar refractivity (Wildman–Crippen MR) is 19.0 cm³/mol. The first-order valence-electron chi connectivity index (χ1n) is 1.22. The van der Waals surface area contributed by atoms with E-state index in [0.29, 0.717) is 0 Å². The first-order chi connectivity index (χ1) is 2.81. The molecular formula is C3H3O3. The second kappa shape index (κ2) is 2.26. The zero-order valence-electron chi connectivity index (χ0n) is 2.88. The van der Waals surface area contributed by atoms with Gasteiger partial charge in [-0.2, -0.15) is 0 Å². The zero-order chi connectivity index (χ0) is 4.99. The highest BCUT2D eigenvalue weighted by Gasteiger charge is 1.81. The highest BCUT2D eigenvalue weighted by Crippen LogP contribution is 1.71. The molecule has 0 amide bonds. The summed E-state index contributed by atoms with van der Waals surface area (Å²) in [5.74, 6) is -0.782. The van der Waals surface area contributed by atoms with Crippen LogP contribution in [0.2, 0.25) is 0 Å². The van der Waals surface area contributed by atoms with Gasteiger partial charge in [-0.3, -0.25) is 4.79 Å². The molecular weight excluding hydrogens is 84.0 g/mol.